The topological polar surface area (TPSA) is 52.9 Å². The number of carbonyl (C=O) groups is 1. The van der Waals surface area contributed by atoms with Gasteiger partial charge in [0.1, 0.15) is 6.04 Å². The molecule has 4 heteroatoms. The van der Waals surface area contributed by atoms with E-state index < -0.39 is 6.04 Å². The number of nitriles is 1. The Morgan fingerprint density at radius 2 is 2.12 bits per heavy atom. The van der Waals surface area contributed by atoms with Crippen molar-refractivity contribution in [2.45, 2.75) is 26.3 Å². The average molecular weight is 251 g/mol. The second kappa shape index (κ2) is 6.27. The number of nitrogens with one attached hydrogen (secondary N) is 1. The van der Waals surface area contributed by atoms with Crippen LogP contribution < -0.4 is 5.32 Å². The molecule has 17 heavy (non-hydrogen) atoms. The Bertz CT molecular complexity index is 437. The number of nitrogens with zero attached hydrogens (tertiary/aromatic N) is 1. The average Bonchev–Trinajstić information content (AvgIpc) is 2.28. The van der Waals surface area contributed by atoms with Gasteiger partial charge in [0.15, 0.2) is 0 Å². The van der Waals surface area contributed by atoms with Crippen molar-refractivity contribution in [3.63, 3.8) is 0 Å². The molecule has 90 valence electrons. The van der Waals surface area contributed by atoms with Crippen molar-refractivity contribution in [2.24, 2.45) is 5.92 Å². The van der Waals surface area contributed by atoms with Crippen molar-refractivity contribution in [3.8, 4) is 6.07 Å². The van der Waals surface area contributed by atoms with Gasteiger partial charge in [-0.1, -0.05) is 43.6 Å². The standard InChI is InChI=1S/C13H15ClN2O/c1-9(2)12(8-15)16-13(17)7-10-5-3-4-6-11(10)14/h3-6,9,12H,7H2,1-2H3,(H,16,17). The minimum absolute atomic E-state index is 0.0928. The molecule has 1 amide bonds. The first-order valence-electron chi connectivity index (χ1n) is 5.47. The van der Waals surface area contributed by atoms with Gasteiger partial charge in [0.25, 0.3) is 0 Å². The van der Waals surface area contributed by atoms with E-state index in [9.17, 15) is 4.79 Å². The summed E-state index contributed by atoms with van der Waals surface area (Å²) in [5.41, 5.74) is 0.770. The molecule has 1 unspecified atom stereocenters. The Morgan fingerprint density at radius 3 is 2.65 bits per heavy atom. The second-order valence-corrected chi connectivity index (χ2v) is 4.59. The number of hydrogen-bond donors (Lipinski definition) is 1. The molecular weight excluding hydrogens is 236 g/mol. The lowest BCUT2D eigenvalue weighted by molar-refractivity contribution is -0.121. The van der Waals surface area contributed by atoms with Crippen LogP contribution in [0.15, 0.2) is 24.3 Å². The molecule has 1 atom stereocenters. The number of amides is 1. The van der Waals surface area contributed by atoms with Crippen LogP contribution in [0.3, 0.4) is 0 Å². The van der Waals surface area contributed by atoms with Gasteiger partial charge in [-0.15, -0.1) is 0 Å². The summed E-state index contributed by atoms with van der Waals surface area (Å²) in [7, 11) is 0. The minimum Gasteiger partial charge on any atom is -0.340 e. The zero-order chi connectivity index (χ0) is 12.8. The molecule has 0 fully saturated rings. The Hall–Kier alpha value is -1.53. The van der Waals surface area contributed by atoms with Gasteiger partial charge in [-0.3, -0.25) is 4.79 Å². The molecule has 0 saturated carbocycles. The lowest BCUT2D eigenvalue weighted by Gasteiger charge is -2.15. The maximum absolute atomic E-state index is 11.7. The molecule has 0 bridgehead atoms. The molecule has 0 spiro atoms. The van der Waals surface area contributed by atoms with Crippen LogP contribution in [-0.2, 0) is 11.2 Å². The molecule has 0 radical (unpaired) electrons. The fourth-order valence-corrected chi connectivity index (χ4v) is 1.59. The van der Waals surface area contributed by atoms with Gasteiger partial charge < -0.3 is 5.32 Å². The van der Waals surface area contributed by atoms with Crippen LogP contribution >= 0.6 is 11.6 Å². The summed E-state index contributed by atoms with van der Waals surface area (Å²) in [6.07, 6.45) is 0.199. The van der Waals surface area contributed by atoms with E-state index in [1.54, 1.807) is 12.1 Å². The van der Waals surface area contributed by atoms with Gasteiger partial charge >= 0.3 is 0 Å². The summed E-state index contributed by atoms with van der Waals surface area (Å²) < 4.78 is 0. The number of hydrogen-bond acceptors (Lipinski definition) is 2. The van der Waals surface area contributed by atoms with Gasteiger partial charge in [-0.2, -0.15) is 5.26 Å². The maximum Gasteiger partial charge on any atom is 0.225 e. The van der Waals surface area contributed by atoms with Crippen molar-refractivity contribution in [2.75, 3.05) is 0 Å². The molecule has 1 aromatic rings. The summed E-state index contributed by atoms with van der Waals surface area (Å²) in [6, 6.07) is 8.81. The molecule has 1 N–H and O–H groups in total. The lowest BCUT2D eigenvalue weighted by atomic mass is 10.1. The van der Waals surface area contributed by atoms with Gasteiger partial charge in [0, 0.05) is 5.02 Å². The molecule has 0 aliphatic rings. The van der Waals surface area contributed by atoms with Crippen LogP contribution in [0.5, 0.6) is 0 Å². The van der Waals surface area contributed by atoms with E-state index in [0.29, 0.717) is 5.02 Å². The van der Waals surface area contributed by atoms with Crippen LogP contribution in [0.4, 0.5) is 0 Å². The van der Waals surface area contributed by atoms with Crippen LogP contribution in [0.25, 0.3) is 0 Å². The molecule has 0 heterocycles. The summed E-state index contributed by atoms with van der Waals surface area (Å²) in [4.78, 5) is 11.7. The fourth-order valence-electron chi connectivity index (χ4n) is 1.39. The smallest absolute Gasteiger partial charge is 0.225 e. The van der Waals surface area contributed by atoms with Gasteiger partial charge in [-0.25, -0.2) is 0 Å². The molecular formula is C13H15ClN2O. The van der Waals surface area contributed by atoms with E-state index >= 15 is 0 Å². The van der Waals surface area contributed by atoms with Gasteiger partial charge in [-0.05, 0) is 17.5 Å². The molecule has 0 aromatic heterocycles. The quantitative estimate of drug-likeness (QED) is 0.893. The highest BCUT2D eigenvalue weighted by Crippen LogP contribution is 2.15. The fraction of sp³-hybridized carbons (Fsp3) is 0.385. The normalized spacial score (nSPS) is 11.9. The Morgan fingerprint density at radius 1 is 1.47 bits per heavy atom. The molecule has 1 rings (SSSR count). The van der Waals surface area contributed by atoms with E-state index in [4.69, 9.17) is 16.9 Å². The zero-order valence-corrected chi connectivity index (χ0v) is 10.7. The molecule has 0 aliphatic carbocycles. The third-order valence-electron chi connectivity index (χ3n) is 2.43. The van der Waals surface area contributed by atoms with Crippen molar-refractivity contribution in [1.82, 2.24) is 5.32 Å². The zero-order valence-electron chi connectivity index (χ0n) is 9.90. The van der Waals surface area contributed by atoms with E-state index in [0.717, 1.165) is 5.56 Å². The van der Waals surface area contributed by atoms with E-state index in [1.807, 2.05) is 26.0 Å². The van der Waals surface area contributed by atoms with E-state index in [1.165, 1.54) is 0 Å². The van der Waals surface area contributed by atoms with Gasteiger partial charge in [0.2, 0.25) is 5.91 Å². The highest BCUT2D eigenvalue weighted by molar-refractivity contribution is 6.31. The summed E-state index contributed by atoms with van der Waals surface area (Å²) in [5.74, 6) is -0.0893. The highest BCUT2D eigenvalue weighted by atomic mass is 35.5. The third kappa shape index (κ3) is 4.08. The van der Waals surface area contributed by atoms with Crippen molar-refractivity contribution >= 4 is 17.5 Å². The van der Waals surface area contributed by atoms with Gasteiger partial charge in [0.05, 0.1) is 12.5 Å². The summed E-state index contributed by atoms with van der Waals surface area (Å²) in [6.45, 7) is 3.79. The summed E-state index contributed by atoms with van der Waals surface area (Å²) in [5, 5.41) is 12.1. The third-order valence-corrected chi connectivity index (χ3v) is 2.80. The number of rotatable bonds is 4. The molecule has 0 aliphatic heterocycles. The van der Waals surface area contributed by atoms with E-state index in [-0.39, 0.29) is 18.2 Å². The summed E-state index contributed by atoms with van der Waals surface area (Å²) >= 11 is 5.96. The largest absolute Gasteiger partial charge is 0.340 e. The maximum atomic E-state index is 11.7. The monoisotopic (exact) mass is 250 g/mol. The first-order chi connectivity index (χ1) is 8.04. The Balaban J connectivity index is 2.62. The van der Waals surface area contributed by atoms with E-state index in [2.05, 4.69) is 11.4 Å². The van der Waals surface area contributed by atoms with Crippen molar-refractivity contribution < 1.29 is 4.79 Å². The SMILES string of the molecule is CC(C)C(C#N)NC(=O)Cc1ccccc1Cl. The number of benzene rings is 1. The number of carbonyl (C=O) groups excluding carboxylic acids is 1. The Kier molecular flexibility index (Phi) is 4.99. The molecule has 1 aromatic carbocycles. The van der Waals surface area contributed by atoms with Crippen LogP contribution in [0.1, 0.15) is 19.4 Å². The first-order valence-corrected chi connectivity index (χ1v) is 5.84. The predicted octanol–water partition coefficient (Wildman–Crippen LogP) is 2.55. The Labute approximate surface area is 106 Å². The van der Waals surface area contributed by atoms with Crippen LogP contribution in [0.2, 0.25) is 5.02 Å². The first kappa shape index (κ1) is 13.5. The highest BCUT2D eigenvalue weighted by Gasteiger charge is 2.15. The predicted molar refractivity (Wildman–Crippen MR) is 67.5 cm³/mol. The minimum atomic E-state index is -0.454. The lowest BCUT2D eigenvalue weighted by Crippen LogP contribution is -2.38. The van der Waals surface area contributed by atoms with Crippen LogP contribution in [-0.4, -0.2) is 11.9 Å². The van der Waals surface area contributed by atoms with Crippen molar-refractivity contribution in [3.05, 3.63) is 34.9 Å². The van der Waals surface area contributed by atoms with Crippen molar-refractivity contribution in [1.29, 1.82) is 5.26 Å². The second-order valence-electron chi connectivity index (χ2n) is 4.19. The molecule has 0 saturated heterocycles. The van der Waals surface area contributed by atoms with Crippen LogP contribution in [0, 0.1) is 17.2 Å². The molecule has 3 nitrogen and oxygen atoms in total. The number of halogens is 1.